The van der Waals surface area contributed by atoms with Crippen LogP contribution in [-0.2, 0) is 4.74 Å². The number of hydrogen-bond donors (Lipinski definition) is 0. The average molecular weight is 383 g/mol. The molecule has 1 aromatic carbocycles. The van der Waals surface area contributed by atoms with Gasteiger partial charge in [0.1, 0.15) is 5.60 Å². The summed E-state index contributed by atoms with van der Waals surface area (Å²) >= 11 is 0. The fourth-order valence-electron chi connectivity index (χ4n) is 3.90. The summed E-state index contributed by atoms with van der Waals surface area (Å²) in [6.07, 6.45) is 4.96. The third kappa shape index (κ3) is 3.78. The number of allylic oxidation sites excluding steroid dienone is 1. The van der Waals surface area contributed by atoms with E-state index in [2.05, 4.69) is 54.0 Å². The van der Waals surface area contributed by atoms with Gasteiger partial charge in [0.2, 0.25) is 0 Å². The summed E-state index contributed by atoms with van der Waals surface area (Å²) in [6.45, 7) is 10.6. The number of aromatic nitrogens is 2. The summed E-state index contributed by atoms with van der Waals surface area (Å²) in [5, 5.41) is 5.84. The maximum atomic E-state index is 12.8. The molecule has 6 heteroatoms. The molecular weight excluding hydrogens is 352 g/mol. The Morgan fingerprint density at radius 1 is 1.21 bits per heavy atom. The lowest BCUT2D eigenvalue weighted by Gasteiger charge is -2.36. The second-order valence-electron chi connectivity index (χ2n) is 9.28. The Hall–Kier alpha value is -2.34. The van der Waals surface area contributed by atoms with E-state index in [9.17, 15) is 4.79 Å². The van der Waals surface area contributed by atoms with Gasteiger partial charge in [0.15, 0.2) is 0 Å². The van der Waals surface area contributed by atoms with Crippen LogP contribution in [0.5, 0.6) is 0 Å². The maximum Gasteiger partial charge on any atom is 0.414 e. The van der Waals surface area contributed by atoms with E-state index < -0.39 is 5.60 Å². The van der Waals surface area contributed by atoms with Gasteiger partial charge >= 0.3 is 6.09 Å². The number of amides is 1. The van der Waals surface area contributed by atoms with Crippen LogP contribution >= 0.6 is 0 Å². The minimum Gasteiger partial charge on any atom is -0.443 e. The number of ether oxygens (including phenoxy) is 1. The van der Waals surface area contributed by atoms with Gasteiger partial charge in [-0.3, -0.25) is 9.58 Å². The first-order chi connectivity index (χ1) is 13.2. The van der Waals surface area contributed by atoms with Crippen molar-refractivity contribution in [2.75, 3.05) is 26.7 Å². The van der Waals surface area contributed by atoms with E-state index in [-0.39, 0.29) is 6.09 Å². The topological polar surface area (TPSA) is 50.6 Å². The van der Waals surface area contributed by atoms with E-state index in [0.717, 1.165) is 41.7 Å². The van der Waals surface area contributed by atoms with E-state index in [1.807, 2.05) is 20.8 Å². The van der Waals surface area contributed by atoms with Crippen molar-refractivity contribution in [3.8, 4) is 0 Å². The lowest BCUT2D eigenvalue weighted by atomic mass is 9.98. The Labute approximate surface area is 166 Å². The van der Waals surface area contributed by atoms with Crippen molar-refractivity contribution in [1.82, 2.24) is 19.6 Å². The molecule has 2 aliphatic heterocycles. The Kier molecular flexibility index (Phi) is 4.70. The highest BCUT2D eigenvalue weighted by Gasteiger charge is 2.30. The predicted octanol–water partition coefficient (Wildman–Crippen LogP) is 4.14. The standard InChI is InChI=1S/C22H30N4O2/c1-15-6-9-20(25(11-15)21(27)28-22(2,3)4)16-7-8-19-17(10-16)12-26(23-19)18-13-24(5)14-18/h7-10,12,15,18H,6,11,13-14H2,1-5H3/t15-/m0/s1. The largest absolute Gasteiger partial charge is 0.443 e. The number of nitrogens with zero attached hydrogens (tertiary/aromatic N) is 4. The number of hydrogen-bond acceptors (Lipinski definition) is 4. The molecule has 2 aromatic rings. The highest BCUT2D eigenvalue weighted by atomic mass is 16.6. The summed E-state index contributed by atoms with van der Waals surface area (Å²) in [4.78, 5) is 16.9. The minimum atomic E-state index is -0.510. The van der Waals surface area contributed by atoms with Crippen LogP contribution in [-0.4, -0.2) is 58.0 Å². The summed E-state index contributed by atoms with van der Waals surface area (Å²) < 4.78 is 7.74. The van der Waals surface area contributed by atoms with Gasteiger partial charge in [-0.1, -0.05) is 19.1 Å². The van der Waals surface area contributed by atoms with Crippen LogP contribution in [0.15, 0.2) is 30.5 Å². The van der Waals surface area contributed by atoms with Crippen LogP contribution in [0.25, 0.3) is 16.6 Å². The number of benzene rings is 1. The van der Waals surface area contributed by atoms with Crippen molar-refractivity contribution < 1.29 is 9.53 Å². The lowest BCUT2D eigenvalue weighted by Crippen LogP contribution is -2.45. The molecule has 0 spiro atoms. The highest BCUT2D eigenvalue weighted by molar-refractivity contribution is 5.87. The van der Waals surface area contributed by atoms with E-state index in [4.69, 9.17) is 9.84 Å². The second kappa shape index (κ2) is 6.92. The number of fused-ring (bicyclic) bond motifs is 1. The SMILES string of the molecule is C[C@H]1CC=C(c2ccc3nn(C4CN(C)C4)cc3c2)N(C(=O)OC(C)(C)C)C1. The normalized spacial score (nSPS) is 21.5. The van der Waals surface area contributed by atoms with Gasteiger partial charge in [-0.15, -0.1) is 0 Å². The van der Waals surface area contributed by atoms with Gasteiger partial charge in [-0.25, -0.2) is 4.79 Å². The van der Waals surface area contributed by atoms with E-state index in [1.54, 1.807) is 4.90 Å². The fraction of sp³-hybridized carbons (Fsp3) is 0.545. The van der Waals surface area contributed by atoms with Gasteiger partial charge in [0.05, 0.1) is 17.3 Å². The van der Waals surface area contributed by atoms with Crippen molar-refractivity contribution in [2.45, 2.75) is 45.8 Å². The van der Waals surface area contributed by atoms with Gasteiger partial charge in [-0.2, -0.15) is 5.10 Å². The predicted molar refractivity (Wildman–Crippen MR) is 111 cm³/mol. The third-order valence-electron chi connectivity index (χ3n) is 5.35. The molecule has 1 fully saturated rings. The summed E-state index contributed by atoms with van der Waals surface area (Å²) in [5.74, 6) is 0.415. The number of likely N-dealkylation sites (N-methyl/N-ethyl adjacent to an activating group) is 1. The molecule has 28 heavy (non-hydrogen) atoms. The molecule has 0 unspecified atom stereocenters. The molecule has 1 aromatic heterocycles. The van der Waals surface area contributed by atoms with Crippen molar-refractivity contribution >= 4 is 22.7 Å². The monoisotopic (exact) mass is 382 g/mol. The first-order valence-corrected chi connectivity index (χ1v) is 10.1. The Balaban J connectivity index is 1.63. The molecule has 1 amide bonds. The van der Waals surface area contributed by atoms with E-state index >= 15 is 0 Å². The maximum absolute atomic E-state index is 12.8. The number of rotatable bonds is 2. The zero-order chi connectivity index (χ0) is 20.1. The number of carbonyl (C=O) groups excluding carboxylic acids is 1. The summed E-state index contributed by atoms with van der Waals surface area (Å²) in [6, 6.07) is 6.70. The first-order valence-electron chi connectivity index (χ1n) is 10.1. The molecule has 2 aliphatic rings. The zero-order valence-electron chi connectivity index (χ0n) is 17.5. The average Bonchev–Trinajstić information content (AvgIpc) is 3.00. The van der Waals surface area contributed by atoms with Gasteiger partial charge in [0, 0.05) is 31.2 Å². The molecule has 0 aliphatic carbocycles. The molecule has 150 valence electrons. The quantitative estimate of drug-likeness (QED) is 0.783. The smallest absolute Gasteiger partial charge is 0.414 e. The van der Waals surface area contributed by atoms with Crippen molar-refractivity contribution in [3.63, 3.8) is 0 Å². The summed E-state index contributed by atoms with van der Waals surface area (Å²) in [5.41, 5.74) is 2.46. The number of carbonyl (C=O) groups is 1. The third-order valence-corrected chi connectivity index (χ3v) is 5.35. The molecular formula is C22H30N4O2. The molecule has 0 saturated carbocycles. The Morgan fingerprint density at radius 2 is 1.96 bits per heavy atom. The summed E-state index contributed by atoms with van der Waals surface area (Å²) in [7, 11) is 2.12. The van der Waals surface area contributed by atoms with Crippen LogP contribution in [0.3, 0.4) is 0 Å². The molecule has 0 radical (unpaired) electrons. The van der Waals surface area contributed by atoms with Crippen molar-refractivity contribution in [2.24, 2.45) is 5.92 Å². The Bertz CT molecular complexity index is 918. The minimum absolute atomic E-state index is 0.279. The van der Waals surface area contributed by atoms with Crippen LogP contribution < -0.4 is 0 Å². The van der Waals surface area contributed by atoms with Crippen LogP contribution in [0.2, 0.25) is 0 Å². The lowest BCUT2D eigenvalue weighted by molar-refractivity contribution is 0.0327. The van der Waals surface area contributed by atoms with Crippen molar-refractivity contribution in [1.29, 1.82) is 0 Å². The van der Waals surface area contributed by atoms with E-state index in [1.165, 1.54) is 0 Å². The molecule has 0 bridgehead atoms. The molecule has 1 atom stereocenters. The van der Waals surface area contributed by atoms with Crippen LogP contribution in [0.1, 0.15) is 45.7 Å². The van der Waals surface area contributed by atoms with Crippen molar-refractivity contribution in [3.05, 3.63) is 36.0 Å². The van der Waals surface area contributed by atoms with E-state index in [0.29, 0.717) is 18.5 Å². The van der Waals surface area contributed by atoms with Gasteiger partial charge < -0.3 is 9.64 Å². The second-order valence-corrected chi connectivity index (χ2v) is 9.28. The molecule has 1 saturated heterocycles. The molecule has 3 heterocycles. The van der Waals surface area contributed by atoms with Gasteiger partial charge in [-0.05, 0) is 57.9 Å². The molecule has 0 N–H and O–H groups in total. The zero-order valence-corrected chi connectivity index (χ0v) is 17.5. The van der Waals surface area contributed by atoms with Gasteiger partial charge in [0.25, 0.3) is 0 Å². The first kappa shape index (κ1) is 19.0. The van der Waals surface area contributed by atoms with Crippen LogP contribution in [0, 0.1) is 5.92 Å². The molecule has 4 rings (SSSR count). The van der Waals surface area contributed by atoms with Crippen LogP contribution in [0.4, 0.5) is 4.79 Å². The fourth-order valence-corrected chi connectivity index (χ4v) is 3.90. The highest BCUT2D eigenvalue weighted by Crippen LogP contribution is 2.31. The molecule has 6 nitrogen and oxygen atoms in total. The Morgan fingerprint density at radius 3 is 2.64 bits per heavy atom. The number of likely N-dealkylation sites (tertiary alicyclic amines) is 1.